The van der Waals surface area contributed by atoms with Crippen LogP contribution in [0.4, 0.5) is 0 Å². The molecule has 0 aliphatic carbocycles. The predicted molar refractivity (Wildman–Crippen MR) is 48.9 cm³/mol. The Morgan fingerprint density at radius 3 is 2.64 bits per heavy atom. The van der Waals surface area contributed by atoms with E-state index in [4.69, 9.17) is 10.7 Å². The lowest BCUT2D eigenvalue weighted by Crippen LogP contribution is -2.03. The van der Waals surface area contributed by atoms with Gasteiger partial charge in [0.15, 0.2) is 0 Å². The third-order valence-electron chi connectivity index (χ3n) is 1.07. The van der Waals surface area contributed by atoms with E-state index in [1.165, 1.54) is 0 Å². The van der Waals surface area contributed by atoms with Crippen molar-refractivity contribution >= 4 is 37.0 Å². The fraction of sp³-hybridized carbons (Fsp3) is 0.400. The zero-order chi connectivity index (χ0) is 10.8. The summed E-state index contributed by atoms with van der Waals surface area (Å²) >= 11 is 0.571. The Morgan fingerprint density at radius 2 is 2.21 bits per heavy atom. The van der Waals surface area contributed by atoms with Gasteiger partial charge in [0.2, 0.25) is 9.35 Å². The molecule has 0 amide bonds. The molecule has 0 radical (unpaired) electrons. The number of hydrogen-bond acceptors (Lipinski definition) is 7. The molecule has 0 saturated heterocycles. The van der Waals surface area contributed by atoms with Gasteiger partial charge in [-0.05, 0) is 6.92 Å². The van der Waals surface area contributed by atoms with Crippen LogP contribution in [0.5, 0.6) is 0 Å². The third kappa shape index (κ3) is 2.63. The van der Waals surface area contributed by atoms with Gasteiger partial charge in [-0.1, -0.05) is 11.3 Å². The SMILES string of the molecule is CCOC(=O)c1nnc(S(=O)(=O)Cl)s1. The maximum absolute atomic E-state index is 11.0. The number of ether oxygens (including phenoxy) is 1. The van der Waals surface area contributed by atoms with Crippen molar-refractivity contribution in [2.24, 2.45) is 0 Å². The number of carbonyl (C=O) groups excluding carboxylic acids is 1. The summed E-state index contributed by atoms with van der Waals surface area (Å²) in [4.78, 5) is 11.0. The zero-order valence-electron chi connectivity index (χ0n) is 6.93. The molecule has 0 atom stereocenters. The van der Waals surface area contributed by atoms with Crippen LogP contribution >= 0.6 is 22.0 Å². The molecule has 0 fully saturated rings. The van der Waals surface area contributed by atoms with E-state index in [0.29, 0.717) is 11.3 Å². The van der Waals surface area contributed by atoms with Crippen LogP contribution in [0.1, 0.15) is 16.7 Å². The van der Waals surface area contributed by atoms with Gasteiger partial charge in [-0.2, -0.15) is 0 Å². The minimum atomic E-state index is -3.92. The molecule has 0 N–H and O–H groups in total. The molecule has 1 aromatic heterocycles. The Kier molecular flexibility index (Phi) is 3.40. The summed E-state index contributed by atoms with van der Waals surface area (Å²) in [5.41, 5.74) is 0. The lowest BCUT2D eigenvalue weighted by atomic mass is 10.7. The minimum absolute atomic E-state index is 0.133. The highest BCUT2D eigenvalue weighted by Crippen LogP contribution is 2.19. The molecule has 1 heterocycles. The van der Waals surface area contributed by atoms with Crippen LogP contribution in [0.25, 0.3) is 0 Å². The molecule has 0 spiro atoms. The number of carbonyl (C=O) groups is 1. The highest BCUT2D eigenvalue weighted by Gasteiger charge is 2.20. The van der Waals surface area contributed by atoms with Crippen LogP contribution < -0.4 is 0 Å². The van der Waals surface area contributed by atoms with Crippen LogP contribution in [0, 0.1) is 0 Å². The molecule has 0 bridgehead atoms. The van der Waals surface area contributed by atoms with Crippen molar-refractivity contribution in [2.75, 3.05) is 6.61 Å². The fourth-order valence-corrected chi connectivity index (χ4v) is 2.20. The highest BCUT2D eigenvalue weighted by molar-refractivity contribution is 8.14. The molecular weight excluding hydrogens is 252 g/mol. The lowest BCUT2D eigenvalue weighted by molar-refractivity contribution is 0.0525. The first-order valence-corrected chi connectivity index (χ1v) is 6.53. The monoisotopic (exact) mass is 256 g/mol. The zero-order valence-corrected chi connectivity index (χ0v) is 9.32. The molecule has 0 saturated carbocycles. The maximum Gasteiger partial charge on any atom is 0.369 e. The Bertz CT molecular complexity index is 440. The Labute approximate surface area is 88.3 Å². The van der Waals surface area contributed by atoms with Crippen molar-refractivity contribution in [3.05, 3.63) is 5.01 Å². The second kappa shape index (κ2) is 4.20. The van der Waals surface area contributed by atoms with Crippen LogP contribution in [-0.4, -0.2) is 31.2 Å². The highest BCUT2D eigenvalue weighted by atomic mass is 35.7. The Morgan fingerprint density at radius 1 is 1.57 bits per heavy atom. The maximum atomic E-state index is 11.0. The number of halogens is 1. The summed E-state index contributed by atoms with van der Waals surface area (Å²) in [6, 6.07) is 0. The normalized spacial score (nSPS) is 11.3. The molecule has 78 valence electrons. The molecule has 6 nitrogen and oxygen atoms in total. The van der Waals surface area contributed by atoms with E-state index in [2.05, 4.69) is 14.9 Å². The van der Waals surface area contributed by atoms with Gasteiger partial charge in [0.05, 0.1) is 6.61 Å². The average molecular weight is 257 g/mol. The van der Waals surface area contributed by atoms with Crippen molar-refractivity contribution in [3.8, 4) is 0 Å². The van der Waals surface area contributed by atoms with Crippen LogP contribution in [-0.2, 0) is 13.8 Å². The molecule has 0 aromatic carbocycles. The fourth-order valence-electron chi connectivity index (χ4n) is 0.584. The van der Waals surface area contributed by atoms with Crippen molar-refractivity contribution in [3.63, 3.8) is 0 Å². The second-order valence-corrected chi connectivity index (χ2v) is 5.75. The van der Waals surface area contributed by atoms with E-state index in [1.54, 1.807) is 6.92 Å². The minimum Gasteiger partial charge on any atom is -0.461 e. The first-order valence-electron chi connectivity index (χ1n) is 3.40. The first kappa shape index (κ1) is 11.3. The van der Waals surface area contributed by atoms with E-state index in [-0.39, 0.29) is 11.6 Å². The first-order chi connectivity index (χ1) is 6.45. The van der Waals surface area contributed by atoms with E-state index >= 15 is 0 Å². The molecule has 9 heteroatoms. The smallest absolute Gasteiger partial charge is 0.369 e. The Hall–Kier alpha value is -0.730. The second-order valence-electron chi connectivity index (χ2n) is 2.03. The van der Waals surface area contributed by atoms with E-state index in [1.807, 2.05) is 0 Å². The lowest BCUT2D eigenvalue weighted by Gasteiger charge is -1.93. The average Bonchev–Trinajstić information content (AvgIpc) is 2.51. The number of rotatable bonds is 3. The van der Waals surface area contributed by atoms with Gasteiger partial charge in [0, 0.05) is 10.7 Å². The predicted octanol–water partition coefficient (Wildman–Crippen LogP) is 0.642. The number of esters is 1. The summed E-state index contributed by atoms with van der Waals surface area (Å²) in [7, 11) is 1.06. The van der Waals surface area contributed by atoms with Crippen molar-refractivity contribution < 1.29 is 17.9 Å². The van der Waals surface area contributed by atoms with Gasteiger partial charge in [-0.25, -0.2) is 13.2 Å². The summed E-state index contributed by atoms with van der Waals surface area (Å²) in [6.45, 7) is 1.81. The van der Waals surface area contributed by atoms with E-state index in [9.17, 15) is 13.2 Å². The van der Waals surface area contributed by atoms with Crippen LogP contribution in [0.3, 0.4) is 0 Å². The molecular formula is C5H5ClN2O4S2. The Balaban J connectivity index is 2.94. The number of aromatic nitrogens is 2. The van der Waals surface area contributed by atoms with Gasteiger partial charge in [0.1, 0.15) is 0 Å². The quantitative estimate of drug-likeness (QED) is 0.583. The summed E-state index contributed by atoms with van der Waals surface area (Å²) in [5, 5.41) is 6.44. The summed E-state index contributed by atoms with van der Waals surface area (Å²) < 4.78 is 25.7. The van der Waals surface area contributed by atoms with Crippen molar-refractivity contribution in [1.82, 2.24) is 10.2 Å². The molecule has 1 aromatic rings. The van der Waals surface area contributed by atoms with Crippen LogP contribution in [0.2, 0.25) is 0 Å². The van der Waals surface area contributed by atoms with Crippen molar-refractivity contribution in [1.29, 1.82) is 0 Å². The summed E-state index contributed by atoms with van der Waals surface area (Å²) in [6.07, 6.45) is 0. The van der Waals surface area contributed by atoms with Gasteiger partial charge in [-0.3, -0.25) is 0 Å². The molecule has 0 aliphatic heterocycles. The largest absolute Gasteiger partial charge is 0.461 e. The molecule has 0 unspecified atom stereocenters. The van der Waals surface area contributed by atoms with Gasteiger partial charge < -0.3 is 4.74 Å². The van der Waals surface area contributed by atoms with Gasteiger partial charge >= 0.3 is 5.97 Å². The number of nitrogens with zero attached hydrogens (tertiary/aromatic N) is 2. The van der Waals surface area contributed by atoms with E-state index < -0.39 is 19.4 Å². The molecule has 0 aliphatic rings. The number of hydrogen-bond donors (Lipinski definition) is 0. The van der Waals surface area contributed by atoms with Gasteiger partial charge in [-0.15, -0.1) is 10.2 Å². The molecule has 1 rings (SSSR count). The standard InChI is InChI=1S/C5H5ClN2O4S2/c1-2-12-4(9)3-7-8-5(13-3)14(6,10)11/h2H2,1H3. The topological polar surface area (TPSA) is 86.2 Å². The van der Waals surface area contributed by atoms with Gasteiger partial charge in [0.25, 0.3) is 9.05 Å². The third-order valence-corrected chi connectivity index (χ3v) is 3.88. The van der Waals surface area contributed by atoms with E-state index in [0.717, 1.165) is 0 Å². The van der Waals surface area contributed by atoms with Crippen LogP contribution in [0.15, 0.2) is 4.34 Å². The summed E-state index contributed by atoms with van der Waals surface area (Å²) in [5.74, 6) is -0.712. The molecule has 14 heavy (non-hydrogen) atoms. The van der Waals surface area contributed by atoms with Crippen molar-refractivity contribution in [2.45, 2.75) is 11.3 Å².